The summed E-state index contributed by atoms with van der Waals surface area (Å²) < 4.78 is 46.9. The van der Waals surface area contributed by atoms with Crippen LogP contribution in [-0.4, -0.2) is 78.4 Å². The molecule has 226 valence electrons. The number of rotatable bonds is 9. The molecule has 0 aliphatic carbocycles. The summed E-state index contributed by atoms with van der Waals surface area (Å²) in [4.78, 5) is 5.97. The Bertz CT molecular complexity index is 1560. The third-order valence-corrected chi connectivity index (χ3v) is 9.32. The molecule has 43 heavy (non-hydrogen) atoms. The van der Waals surface area contributed by atoms with Crippen LogP contribution in [-0.2, 0) is 18.9 Å². The van der Waals surface area contributed by atoms with Gasteiger partial charge in [-0.1, -0.05) is 36.4 Å². The standard InChI is InChI=1S/C33H35FN2O6S/c1-38-14-15-43-23-11-9-21(10-12-23)20-5-7-22(8-6-20)31-24(34)16-26-25(35-31)17-30(36(26)29-4-2-3-13-39-29)42-28-19-41-32-27(37)18-40-33(28)32/h5-12,16-17,27-29,32-33,37H,2-4,13-15,18-19H2,1H3/t27-,28-,29?,32?,33?/m1/s1. The second-order valence-electron chi connectivity index (χ2n) is 11.2. The van der Waals surface area contributed by atoms with Gasteiger partial charge in [-0.25, -0.2) is 9.37 Å². The van der Waals surface area contributed by atoms with Crippen LogP contribution in [0, 0.1) is 5.82 Å². The van der Waals surface area contributed by atoms with Gasteiger partial charge in [-0.15, -0.1) is 11.8 Å². The van der Waals surface area contributed by atoms with Gasteiger partial charge in [-0.2, -0.15) is 0 Å². The van der Waals surface area contributed by atoms with Gasteiger partial charge in [0.1, 0.15) is 30.2 Å². The fourth-order valence-electron chi connectivity index (χ4n) is 6.12. The molecule has 3 fully saturated rings. The number of aliphatic hydroxyl groups is 1. The molecule has 3 aliphatic heterocycles. The zero-order valence-corrected chi connectivity index (χ0v) is 24.8. The molecular weight excluding hydrogens is 571 g/mol. The van der Waals surface area contributed by atoms with Crippen LogP contribution < -0.4 is 4.74 Å². The van der Waals surface area contributed by atoms with Gasteiger partial charge in [0.05, 0.1) is 30.9 Å². The van der Waals surface area contributed by atoms with E-state index in [1.807, 2.05) is 34.9 Å². The van der Waals surface area contributed by atoms with Crippen LogP contribution in [0.3, 0.4) is 0 Å². The highest BCUT2D eigenvalue weighted by molar-refractivity contribution is 7.99. The highest BCUT2D eigenvalue weighted by Crippen LogP contribution is 2.38. The lowest BCUT2D eigenvalue weighted by atomic mass is 10.0. The van der Waals surface area contributed by atoms with Crippen molar-refractivity contribution in [2.24, 2.45) is 0 Å². The molecule has 3 saturated heterocycles. The Balaban J connectivity index is 1.17. The van der Waals surface area contributed by atoms with Crippen molar-refractivity contribution in [2.75, 3.05) is 39.3 Å². The number of aromatic nitrogens is 2. The van der Waals surface area contributed by atoms with Crippen LogP contribution in [0.1, 0.15) is 25.5 Å². The van der Waals surface area contributed by atoms with E-state index < -0.39 is 24.1 Å². The quantitative estimate of drug-likeness (QED) is 0.188. The summed E-state index contributed by atoms with van der Waals surface area (Å²) in [7, 11) is 1.71. The van der Waals surface area contributed by atoms with E-state index in [1.54, 1.807) is 18.9 Å². The van der Waals surface area contributed by atoms with Crippen LogP contribution in [0.25, 0.3) is 33.4 Å². The van der Waals surface area contributed by atoms with Gasteiger partial charge in [0.25, 0.3) is 0 Å². The molecule has 3 aliphatic rings. The predicted molar refractivity (Wildman–Crippen MR) is 162 cm³/mol. The first-order valence-corrected chi connectivity index (χ1v) is 15.8. The summed E-state index contributed by atoms with van der Waals surface area (Å²) >= 11 is 1.76. The van der Waals surface area contributed by atoms with Crippen LogP contribution in [0.5, 0.6) is 5.88 Å². The number of halogens is 1. The highest BCUT2D eigenvalue weighted by Gasteiger charge is 2.48. The molecule has 5 heterocycles. The second kappa shape index (κ2) is 12.6. The van der Waals surface area contributed by atoms with E-state index in [0.29, 0.717) is 42.3 Å². The number of pyridine rings is 1. The number of thioether (sulfide) groups is 1. The largest absolute Gasteiger partial charge is 0.470 e. The van der Waals surface area contributed by atoms with E-state index in [4.69, 9.17) is 28.7 Å². The Morgan fingerprint density at radius 2 is 1.70 bits per heavy atom. The number of fused-ring (bicyclic) bond motifs is 2. The Hall–Kier alpha value is -2.99. The summed E-state index contributed by atoms with van der Waals surface area (Å²) in [5.41, 5.74) is 4.35. The molecule has 2 aromatic carbocycles. The van der Waals surface area contributed by atoms with Crippen molar-refractivity contribution in [2.45, 2.75) is 54.8 Å². The average Bonchev–Trinajstić information content (AvgIpc) is 3.72. The van der Waals surface area contributed by atoms with Crippen molar-refractivity contribution < 1.29 is 33.2 Å². The molecule has 1 N–H and O–H groups in total. The Kier molecular flexibility index (Phi) is 8.40. The maximum atomic E-state index is 15.7. The Morgan fingerprint density at radius 1 is 0.953 bits per heavy atom. The predicted octanol–water partition coefficient (Wildman–Crippen LogP) is 5.85. The van der Waals surface area contributed by atoms with E-state index in [-0.39, 0.29) is 24.6 Å². The smallest absolute Gasteiger partial charge is 0.198 e. The second-order valence-corrected chi connectivity index (χ2v) is 12.3. The van der Waals surface area contributed by atoms with Crippen molar-refractivity contribution >= 4 is 22.8 Å². The molecule has 0 bridgehead atoms. The van der Waals surface area contributed by atoms with Gasteiger partial charge in [-0.05, 0) is 42.5 Å². The Labute approximate surface area is 254 Å². The molecule has 4 aromatic rings. The van der Waals surface area contributed by atoms with Crippen molar-refractivity contribution in [3.63, 3.8) is 0 Å². The molecule has 10 heteroatoms. The molecule has 7 rings (SSSR count). The topological polar surface area (TPSA) is 84.2 Å². The Morgan fingerprint density at radius 3 is 2.44 bits per heavy atom. The fraction of sp³-hybridized carbons (Fsp3) is 0.424. The average molecular weight is 607 g/mol. The highest BCUT2D eigenvalue weighted by atomic mass is 32.2. The summed E-state index contributed by atoms with van der Waals surface area (Å²) in [5, 5.41) is 10.2. The maximum Gasteiger partial charge on any atom is 0.198 e. The normalized spacial score (nSPS) is 25.3. The van der Waals surface area contributed by atoms with Crippen LogP contribution in [0.4, 0.5) is 4.39 Å². The number of nitrogens with zero attached hydrogens (tertiary/aromatic N) is 2. The summed E-state index contributed by atoms with van der Waals surface area (Å²) in [6.45, 7) is 1.87. The maximum absolute atomic E-state index is 15.7. The van der Waals surface area contributed by atoms with Crippen LogP contribution in [0.15, 0.2) is 65.6 Å². The summed E-state index contributed by atoms with van der Waals surface area (Å²) in [6, 6.07) is 19.6. The number of benzene rings is 2. The van der Waals surface area contributed by atoms with E-state index >= 15 is 4.39 Å². The van der Waals surface area contributed by atoms with Crippen molar-refractivity contribution in [1.82, 2.24) is 9.55 Å². The SMILES string of the molecule is COCCSc1ccc(-c2ccc(-c3nc4cc(O[C@@H]5COC6C5OC[C@H]6O)n(C5CCCCO5)c4cc3F)cc2)cc1. The number of hydrogen-bond donors (Lipinski definition) is 1. The first-order valence-electron chi connectivity index (χ1n) is 14.8. The van der Waals surface area contributed by atoms with Gasteiger partial charge >= 0.3 is 0 Å². The zero-order valence-electron chi connectivity index (χ0n) is 24.0. The molecule has 0 radical (unpaired) electrons. The minimum absolute atomic E-state index is 0.220. The van der Waals surface area contributed by atoms with Gasteiger partial charge in [0, 0.05) is 42.1 Å². The van der Waals surface area contributed by atoms with Crippen molar-refractivity contribution in [3.05, 3.63) is 66.5 Å². The number of ether oxygens (including phenoxy) is 5. The van der Waals surface area contributed by atoms with Crippen LogP contribution >= 0.6 is 11.8 Å². The molecule has 0 saturated carbocycles. The lowest BCUT2D eigenvalue weighted by Gasteiger charge is -2.27. The van der Waals surface area contributed by atoms with Crippen molar-refractivity contribution in [3.8, 4) is 28.3 Å². The third-order valence-electron chi connectivity index (χ3n) is 8.34. The van der Waals surface area contributed by atoms with Gasteiger partial charge in [0.2, 0.25) is 0 Å². The van der Waals surface area contributed by atoms with Gasteiger partial charge in [0.15, 0.2) is 17.8 Å². The first kappa shape index (κ1) is 28.8. The molecule has 0 spiro atoms. The minimum Gasteiger partial charge on any atom is -0.470 e. The zero-order chi connectivity index (χ0) is 29.3. The third kappa shape index (κ3) is 5.80. The van der Waals surface area contributed by atoms with E-state index in [0.717, 1.165) is 36.1 Å². The first-order chi connectivity index (χ1) is 21.1. The number of aliphatic hydroxyl groups excluding tert-OH is 1. The minimum atomic E-state index is -0.666. The van der Waals surface area contributed by atoms with Gasteiger partial charge in [-0.3, -0.25) is 4.57 Å². The molecular formula is C33H35FN2O6S. The van der Waals surface area contributed by atoms with Crippen molar-refractivity contribution in [1.29, 1.82) is 0 Å². The van der Waals surface area contributed by atoms with E-state index in [2.05, 4.69) is 24.3 Å². The molecule has 5 atom stereocenters. The monoisotopic (exact) mass is 606 g/mol. The fourth-order valence-corrected chi connectivity index (χ4v) is 6.94. The molecule has 2 aromatic heterocycles. The van der Waals surface area contributed by atoms with E-state index in [9.17, 15) is 5.11 Å². The van der Waals surface area contributed by atoms with E-state index in [1.165, 1.54) is 11.0 Å². The van der Waals surface area contributed by atoms with Gasteiger partial charge < -0.3 is 28.8 Å². The lowest BCUT2D eigenvalue weighted by Crippen LogP contribution is -2.35. The lowest BCUT2D eigenvalue weighted by molar-refractivity contribution is -0.0392. The number of hydrogen-bond acceptors (Lipinski definition) is 8. The molecule has 3 unspecified atom stereocenters. The molecule has 0 amide bonds. The number of methoxy groups -OCH3 is 1. The summed E-state index contributed by atoms with van der Waals surface area (Å²) in [6.07, 6.45) is 0.665. The molecule has 8 nitrogen and oxygen atoms in total. The van der Waals surface area contributed by atoms with Crippen LogP contribution in [0.2, 0.25) is 0 Å². The summed E-state index contributed by atoms with van der Waals surface area (Å²) in [5.74, 6) is 1.03.